The summed E-state index contributed by atoms with van der Waals surface area (Å²) in [6.07, 6.45) is 0. The topological polar surface area (TPSA) is 56.4 Å². The number of anilines is 2. The molecule has 66 heavy (non-hydrogen) atoms. The van der Waals surface area contributed by atoms with Crippen molar-refractivity contribution >= 4 is 106 Å². The number of fused-ring (bicyclic) bond motifs is 12. The number of aromatic nitrogens is 1. The highest BCUT2D eigenvalue weighted by atomic mass is 16.3. The summed E-state index contributed by atoms with van der Waals surface area (Å²) in [6, 6.07) is 65.1. The largest absolute Gasteiger partial charge is 0.456 e. The lowest BCUT2D eigenvalue weighted by Crippen LogP contribution is -2.37. The molecular formula is C60H41BN2O3. The molecule has 0 unspecified atom stereocenters. The number of nitrogens with one attached hydrogen (secondary N) is 1. The third-order valence-electron chi connectivity index (χ3n) is 14.0. The second-order valence-corrected chi connectivity index (χ2v) is 18.9. The van der Waals surface area contributed by atoms with Gasteiger partial charge >= 0.3 is 0 Å². The van der Waals surface area contributed by atoms with E-state index in [0.29, 0.717) is 0 Å². The Morgan fingerprint density at radius 2 is 1.06 bits per heavy atom. The monoisotopic (exact) mass is 848 g/mol. The minimum atomic E-state index is 0.0480. The normalized spacial score (nSPS) is 12.6. The molecule has 0 aliphatic carbocycles. The Kier molecular flexibility index (Phi) is 7.69. The molecule has 1 aliphatic heterocycles. The second kappa shape index (κ2) is 13.6. The van der Waals surface area contributed by atoms with E-state index < -0.39 is 0 Å². The van der Waals surface area contributed by atoms with E-state index in [-0.39, 0.29) is 5.41 Å². The first-order valence-electron chi connectivity index (χ1n) is 22.8. The van der Waals surface area contributed by atoms with Crippen LogP contribution in [0.4, 0.5) is 11.4 Å². The Labute approximate surface area is 380 Å². The van der Waals surface area contributed by atoms with Crippen LogP contribution in [0, 0.1) is 0 Å². The zero-order valence-corrected chi connectivity index (χ0v) is 36.7. The fraction of sp³-hybridized carbons (Fsp3) is 0.0667. The molecule has 0 saturated carbocycles. The Balaban J connectivity index is 1.07. The molecule has 1 N–H and O–H groups in total. The van der Waals surface area contributed by atoms with Crippen LogP contribution >= 0.6 is 0 Å². The van der Waals surface area contributed by atoms with E-state index in [4.69, 9.17) is 13.3 Å². The third kappa shape index (κ3) is 5.48. The molecule has 14 rings (SSSR count). The van der Waals surface area contributed by atoms with Gasteiger partial charge in [0.15, 0.2) is 7.28 Å². The molecule has 4 aromatic heterocycles. The van der Waals surface area contributed by atoms with Gasteiger partial charge in [-0.1, -0.05) is 154 Å². The maximum absolute atomic E-state index is 6.99. The molecule has 5 heterocycles. The van der Waals surface area contributed by atoms with Gasteiger partial charge in [0.05, 0.1) is 11.2 Å². The molecule has 0 bridgehead atoms. The first kappa shape index (κ1) is 37.2. The zero-order valence-electron chi connectivity index (χ0n) is 36.7. The number of para-hydroxylation sites is 2. The fourth-order valence-electron chi connectivity index (χ4n) is 10.7. The van der Waals surface area contributed by atoms with E-state index >= 15 is 0 Å². The second-order valence-electron chi connectivity index (χ2n) is 18.9. The summed E-state index contributed by atoms with van der Waals surface area (Å²) in [7, 11) is 0.720. The molecule has 0 fully saturated rings. The van der Waals surface area contributed by atoms with Crippen LogP contribution in [0.1, 0.15) is 26.3 Å². The number of furan rings is 3. The van der Waals surface area contributed by atoms with Gasteiger partial charge in [0.2, 0.25) is 0 Å². The van der Waals surface area contributed by atoms with Gasteiger partial charge in [-0.05, 0) is 64.5 Å². The average Bonchev–Trinajstić information content (AvgIpc) is 4.10. The van der Waals surface area contributed by atoms with Gasteiger partial charge < -0.3 is 23.1 Å². The van der Waals surface area contributed by atoms with Crippen LogP contribution in [-0.4, -0.2) is 11.8 Å². The fourth-order valence-corrected chi connectivity index (χ4v) is 10.7. The van der Waals surface area contributed by atoms with E-state index in [2.05, 4.69) is 201 Å². The Morgan fingerprint density at radius 3 is 1.73 bits per heavy atom. The number of benzene rings is 9. The lowest BCUT2D eigenvalue weighted by atomic mass is 9.58. The zero-order chi connectivity index (χ0) is 43.8. The van der Waals surface area contributed by atoms with Crippen molar-refractivity contribution < 1.29 is 13.3 Å². The summed E-state index contributed by atoms with van der Waals surface area (Å²) >= 11 is 0. The quantitative estimate of drug-likeness (QED) is 0.175. The molecule has 312 valence electrons. The molecule has 0 atom stereocenters. The summed E-state index contributed by atoms with van der Waals surface area (Å²) in [4.78, 5) is 0. The minimum absolute atomic E-state index is 0.0480. The molecule has 1 aliphatic rings. The van der Waals surface area contributed by atoms with Crippen molar-refractivity contribution in [2.24, 2.45) is 0 Å². The van der Waals surface area contributed by atoms with Gasteiger partial charge in [0.25, 0.3) is 0 Å². The predicted molar refractivity (Wildman–Crippen MR) is 276 cm³/mol. The lowest BCUT2D eigenvalue weighted by Gasteiger charge is -2.24. The average molecular weight is 849 g/mol. The lowest BCUT2D eigenvalue weighted by molar-refractivity contribution is 0.590. The molecular weight excluding hydrogens is 807 g/mol. The number of rotatable bonds is 5. The van der Waals surface area contributed by atoms with Crippen LogP contribution in [0.3, 0.4) is 0 Å². The Morgan fingerprint density at radius 1 is 0.455 bits per heavy atom. The third-order valence-corrected chi connectivity index (χ3v) is 14.0. The minimum Gasteiger partial charge on any atom is -0.456 e. The van der Waals surface area contributed by atoms with Gasteiger partial charge in [0.1, 0.15) is 33.9 Å². The molecule has 13 aromatic rings. The van der Waals surface area contributed by atoms with E-state index in [1.165, 1.54) is 38.3 Å². The molecule has 5 nitrogen and oxygen atoms in total. The van der Waals surface area contributed by atoms with Crippen LogP contribution in [0.15, 0.2) is 195 Å². The van der Waals surface area contributed by atoms with Crippen LogP contribution < -0.4 is 16.2 Å². The Bertz CT molecular complexity index is 4130. The van der Waals surface area contributed by atoms with Crippen LogP contribution in [-0.2, 0) is 5.41 Å². The van der Waals surface area contributed by atoms with Crippen LogP contribution in [0.5, 0.6) is 0 Å². The number of nitrogens with zero attached hydrogens (tertiary/aromatic N) is 1. The molecule has 0 amide bonds. The van der Waals surface area contributed by atoms with E-state index in [1.807, 2.05) is 12.1 Å². The van der Waals surface area contributed by atoms with E-state index in [0.717, 1.165) is 113 Å². The maximum atomic E-state index is 6.99. The summed E-state index contributed by atoms with van der Waals surface area (Å²) in [6.45, 7) is 6.76. The first-order chi connectivity index (χ1) is 32.3. The SMILES string of the molecule is CC(C)(C)c1ccc(Nc2cc3oc4ccccc4c3cc2-c2ccc3c4cc5c(cc4n4c3c2Bc2cc3c(-c6ccccc6)oc(-c6ccccc6)c3cc2-4)oc2ccccc25)cc1. The van der Waals surface area contributed by atoms with Crippen LogP contribution in [0.2, 0.25) is 0 Å². The molecule has 0 saturated heterocycles. The number of hydrogen-bond donors (Lipinski definition) is 1. The van der Waals surface area contributed by atoms with Gasteiger partial charge in [-0.2, -0.15) is 0 Å². The summed E-state index contributed by atoms with van der Waals surface area (Å²) in [5.41, 5.74) is 17.2. The molecule has 0 radical (unpaired) electrons. The molecule has 0 spiro atoms. The van der Waals surface area contributed by atoms with Crippen molar-refractivity contribution in [3.8, 4) is 39.5 Å². The smallest absolute Gasteiger partial charge is 0.198 e. The number of hydrogen-bond acceptors (Lipinski definition) is 4. The van der Waals surface area contributed by atoms with E-state index in [9.17, 15) is 0 Å². The van der Waals surface area contributed by atoms with Gasteiger partial charge in [-0.15, -0.1) is 0 Å². The Hall–Kier alpha value is -8.22. The summed E-state index contributed by atoms with van der Waals surface area (Å²) in [5, 5.41) is 12.9. The molecule has 9 aromatic carbocycles. The van der Waals surface area contributed by atoms with Crippen LogP contribution in [0.25, 0.3) is 116 Å². The van der Waals surface area contributed by atoms with Gasteiger partial charge in [-0.25, -0.2) is 0 Å². The maximum Gasteiger partial charge on any atom is 0.198 e. The van der Waals surface area contributed by atoms with E-state index in [1.54, 1.807) is 0 Å². The van der Waals surface area contributed by atoms with Crippen molar-refractivity contribution in [3.05, 3.63) is 188 Å². The first-order valence-corrected chi connectivity index (χ1v) is 22.8. The van der Waals surface area contributed by atoms with Crippen molar-refractivity contribution in [1.82, 2.24) is 4.57 Å². The van der Waals surface area contributed by atoms with Crippen molar-refractivity contribution in [3.63, 3.8) is 0 Å². The molecule has 6 heteroatoms. The van der Waals surface area contributed by atoms with Crippen molar-refractivity contribution in [2.75, 3.05) is 5.32 Å². The van der Waals surface area contributed by atoms with Crippen molar-refractivity contribution in [2.45, 2.75) is 26.2 Å². The van der Waals surface area contributed by atoms with Gasteiger partial charge in [0, 0.05) is 88.8 Å². The standard InChI is InChI=1S/C60H41BN2O3/c1-60(2,3)36-22-24-37(25-23-36)62-49-32-54-44(38-18-10-12-20-52(38)64-54)28-42(49)40-26-27-41-43-29-45-39-19-11-13-21-53(39)65-55(45)33-50(43)63-51-31-47-46(30-48(51)61-56(40)57(41)63)58(34-14-6-4-7-15-34)66-59(47)35-16-8-5-9-17-35/h4-33,61-62H,1-3H3. The van der Waals surface area contributed by atoms with Gasteiger partial charge in [-0.3, -0.25) is 0 Å². The predicted octanol–water partition coefficient (Wildman–Crippen LogP) is 15.1. The van der Waals surface area contributed by atoms with Crippen molar-refractivity contribution in [1.29, 1.82) is 0 Å². The summed E-state index contributed by atoms with van der Waals surface area (Å²) < 4.78 is 22.6. The highest BCUT2D eigenvalue weighted by Crippen LogP contribution is 2.45. The summed E-state index contributed by atoms with van der Waals surface area (Å²) in [5.74, 6) is 1.74. The highest BCUT2D eigenvalue weighted by molar-refractivity contribution is 6.73. The highest BCUT2D eigenvalue weighted by Gasteiger charge is 2.30.